The third-order valence-electron chi connectivity index (χ3n) is 5.35. The minimum Gasteiger partial charge on any atom is -0.493 e. The molecule has 0 aliphatic carbocycles. The molecule has 3 rings (SSSR count). The third-order valence-corrected chi connectivity index (χ3v) is 5.35. The van der Waals surface area contributed by atoms with Gasteiger partial charge in [-0.25, -0.2) is 0 Å². The van der Waals surface area contributed by atoms with E-state index in [-0.39, 0.29) is 6.61 Å². The summed E-state index contributed by atoms with van der Waals surface area (Å²) in [5, 5.41) is 12.5. The quantitative estimate of drug-likeness (QED) is 0.470. The molecule has 166 valence electrons. The number of esters is 1. The van der Waals surface area contributed by atoms with Gasteiger partial charge in [0.2, 0.25) is 12.5 Å². The number of carbonyl (C=O) groups is 1. The zero-order valence-electron chi connectivity index (χ0n) is 18.1. The Morgan fingerprint density at radius 2 is 1.84 bits per heavy atom. The molecule has 1 aliphatic heterocycles. The molecule has 8 nitrogen and oxygen atoms in total. The van der Waals surface area contributed by atoms with Gasteiger partial charge in [-0.3, -0.25) is 10.0 Å². The Labute approximate surface area is 181 Å². The highest BCUT2D eigenvalue weighted by Gasteiger charge is 2.52. The first kappa shape index (κ1) is 22.4. The van der Waals surface area contributed by atoms with E-state index < -0.39 is 23.8 Å². The summed E-state index contributed by atoms with van der Waals surface area (Å²) in [6.45, 7) is 3.40. The third kappa shape index (κ3) is 4.74. The van der Waals surface area contributed by atoms with Gasteiger partial charge in [0.1, 0.15) is 5.41 Å². The van der Waals surface area contributed by atoms with Crippen LogP contribution in [-0.4, -0.2) is 43.7 Å². The number of carbonyl (C=O) groups excluding carboxylic acids is 1. The molecule has 1 heterocycles. The van der Waals surface area contributed by atoms with E-state index >= 15 is 0 Å². The van der Waals surface area contributed by atoms with Crippen LogP contribution in [0.5, 0.6) is 11.5 Å². The van der Waals surface area contributed by atoms with Crippen molar-refractivity contribution in [1.82, 2.24) is 0 Å². The van der Waals surface area contributed by atoms with Gasteiger partial charge in [0, 0.05) is 11.8 Å². The van der Waals surface area contributed by atoms with E-state index in [0.717, 1.165) is 5.56 Å². The Balaban J connectivity index is 2.03. The van der Waals surface area contributed by atoms with Crippen molar-refractivity contribution < 1.29 is 33.5 Å². The zero-order chi connectivity index (χ0) is 22.4. The average Bonchev–Trinajstić information content (AvgIpc) is 2.78. The van der Waals surface area contributed by atoms with Crippen LogP contribution in [-0.2, 0) is 31.1 Å². The first-order chi connectivity index (χ1) is 14.9. The molecule has 0 N–H and O–H groups in total. The van der Waals surface area contributed by atoms with Crippen LogP contribution in [0.3, 0.4) is 0 Å². The highest BCUT2D eigenvalue weighted by Crippen LogP contribution is 2.41. The molecular weight excluding hydrogens is 402 g/mol. The fourth-order valence-corrected chi connectivity index (χ4v) is 3.76. The summed E-state index contributed by atoms with van der Waals surface area (Å²) in [4.78, 5) is 17.7. The summed E-state index contributed by atoms with van der Waals surface area (Å²) < 4.78 is 22.3. The van der Waals surface area contributed by atoms with Crippen molar-refractivity contribution in [2.45, 2.75) is 44.7 Å². The van der Waals surface area contributed by atoms with Crippen LogP contribution in [0.1, 0.15) is 31.4 Å². The first-order valence-corrected chi connectivity index (χ1v) is 9.98. The lowest BCUT2D eigenvalue weighted by atomic mass is 9.73. The molecule has 0 saturated carbocycles. The molecule has 2 aromatic rings. The molecule has 2 aromatic carbocycles. The van der Waals surface area contributed by atoms with Crippen molar-refractivity contribution in [3.8, 4) is 11.5 Å². The lowest BCUT2D eigenvalue weighted by Gasteiger charge is -2.42. The number of methoxy groups -OCH3 is 2. The summed E-state index contributed by atoms with van der Waals surface area (Å²) in [6.07, 6.45) is -0.209. The maximum Gasteiger partial charge on any atom is 0.303 e. The second-order valence-electron chi connectivity index (χ2n) is 7.18. The summed E-state index contributed by atoms with van der Waals surface area (Å²) in [5.74, 6) is 0.533. The number of benzene rings is 2. The van der Waals surface area contributed by atoms with E-state index in [2.05, 4.69) is 0 Å². The molecule has 3 atom stereocenters. The lowest BCUT2D eigenvalue weighted by Crippen LogP contribution is -2.57. The maximum atomic E-state index is 12.5. The van der Waals surface area contributed by atoms with Crippen LogP contribution in [0.25, 0.3) is 0 Å². The maximum absolute atomic E-state index is 12.5. The standard InChI is InChI=1S/C23H27NO7/c1-5-23(18-11-12-19(27-3)20(13-18)28-4)15-24(26)31-22(21(23)30-16(2)25)29-14-17-9-7-6-8-10-17/h6-13,15,21-22H,5,14H2,1-4H3/t21-,22-,23+/m0/s1. The molecule has 0 fully saturated rings. The van der Waals surface area contributed by atoms with Crippen LogP contribution in [0.15, 0.2) is 48.5 Å². The molecule has 0 radical (unpaired) electrons. The summed E-state index contributed by atoms with van der Waals surface area (Å²) in [5.41, 5.74) is 0.594. The smallest absolute Gasteiger partial charge is 0.303 e. The summed E-state index contributed by atoms with van der Waals surface area (Å²) in [7, 11) is 3.07. The predicted molar refractivity (Wildman–Crippen MR) is 113 cm³/mol. The molecular formula is C23H27NO7. The van der Waals surface area contributed by atoms with Gasteiger partial charge in [0.15, 0.2) is 17.6 Å². The van der Waals surface area contributed by atoms with E-state index in [1.54, 1.807) is 19.2 Å². The molecule has 1 aliphatic rings. The van der Waals surface area contributed by atoms with Gasteiger partial charge in [0.05, 0.1) is 20.8 Å². The molecule has 0 saturated heterocycles. The van der Waals surface area contributed by atoms with E-state index in [1.165, 1.54) is 20.2 Å². The highest BCUT2D eigenvalue weighted by molar-refractivity contribution is 5.74. The Morgan fingerprint density at radius 1 is 1.13 bits per heavy atom. The predicted octanol–water partition coefficient (Wildman–Crippen LogP) is 3.35. The second-order valence-corrected chi connectivity index (χ2v) is 7.18. The normalized spacial score (nSPS) is 22.8. The van der Waals surface area contributed by atoms with Crippen molar-refractivity contribution in [2.24, 2.45) is 0 Å². The van der Waals surface area contributed by atoms with Crippen molar-refractivity contribution in [2.75, 3.05) is 14.2 Å². The SMILES string of the molecule is CC[C@]1(c2ccc(OC)c(OC)c2)C=[N+]([O-])O[C@H](OCc2ccccc2)[C@@H]1OC(C)=O. The molecule has 8 heteroatoms. The van der Waals surface area contributed by atoms with Gasteiger partial charge in [-0.15, -0.1) is 0 Å². The van der Waals surface area contributed by atoms with E-state index in [4.69, 9.17) is 23.8 Å². The largest absolute Gasteiger partial charge is 0.493 e. The van der Waals surface area contributed by atoms with Gasteiger partial charge in [-0.2, -0.15) is 0 Å². The Kier molecular flexibility index (Phi) is 7.02. The monoisotopic (exact) mass is 429 g/mol. The fraction of sp³-hybridized carbons (Fsp3) is 0.391. The van der Waals surface area contributed by atoms with Gasteiger partial charge in [-0.05, 0) is 29.7 Å². The van der Waals surface area contributed by atoms with Crippen molar-refractivity contribution in [3.63, 3.8) is 0 Å². The Morgan fingerprint density at radius 3 is 2.45 bits per heavy atom. The Hall–Kier alpha value is -3.26. The van der Waals surface area contributed by atoms with Crippen molar-refractivity contribution in [3.05, 3.63) is 64.9 Å². The first-order valence-electron chi connectivity index (χ1n) is 9.98. The van der Waals surface area contributed by atoms with Crippen molar-refractivity contribution >= 4 is 12.2 Å². The number of ether oxygens (including phenoxy) is 4. The van der Waals surface area contributed by atoms with Crippen LogP contribution >= 0.6 is 0 Å². The minimum absolute atomic E-state index is 0.183. The molecule has 0 spiro atoms. The van der Waals surface area contributed by atoms with Crippen LogP contribution < -0.4 is 9.47 Å². The molecule has 0 bridgehead atoms. The van der Waals surface area contributed by atoms with Gasteiger partial charge in [-0.1, -0.05) is 43.3 Å². The van der Waals surface area contributed by atoms with Gasteiger partial charge < -0.3 is 23.8 Å². The second kappa shape index (κ2) is 9.70. The topological polar surface area (TPSA) is 89.3 Å². The summed E-state index contributed by atoms with van der Waals surface area (Å²) in [6, 6.07) is 14.8. The molecule has 0 aromatic heterocycles. The molecule has 0 unspecified atom stereocenters. The van der Waals surface area contributed by atoms with E-state index in [1.807, 2.05) is 43.3 Å². The van der Waals surface area contributed by atoms with E-state index in [0.29, 0.717) is 28.4 Å². The number of hydrogen-bond donors (Lipinski definition) is 0. The van der Waals surface area contributed by atoms with Crippen LogP contribution in [0, 0.1) is 5.21 Å². The number of hydrogen-bond acceptors (Lipinski definition) is 7. The fourth-order valence-electron chi connectivity index (χ4n) is 3.76. The highest BCUT2D eigenvalue weighted by atomic mass is 16.9. The summed E-state index contributed by atoms with van der Waals surface area (Å²) >= 11 is 0. The van der Waals surface area contributed by atoms with Gasteiger partial charge >= 0.3 is 5.97 Å². The zero-order valence-corrected chi connectivity index (χ0v) is 18.1. The van der Waals surface area contributed by atoms with E-state index in [9.17, 15) is 10.0 Å². The lowest BCUT2D eigenvalue weighted by molar-refractivity contribution is -0.773. The van der Waals surface area contributed by atoms with Crippen molar-refractivity contribution in [1.29, 1.82) is 0 Å². The number of nitrogens with zero attached hydrogens (tertiary/aromatic N) is 1. The van der Waals surface area contributed by atoms with Crippen LogP contribution in [0.2, 0.25) is 0 Å². The van der Waals surface area contributed by atoms with Gasteiger partial charge in [0.25, 0.3) is 0 Å². The minimum atomic E-state index is -1.11. The van der Waals surface area contributed by atoms with Crippen LogP contribution in [0.4, 0.5) is 0 Å². The average molecular weight is 429 g/mol. The molecule has 0 amide bonds. The Bertz CT molecular complexity index is 931. The molecule has 31 heavy (non-hydrogen) atoms. The number of rotatable bonds is 8.